The molecule has 0 atom stereocenters. The van der Waals surface area contributed by atoms with Gasteiger partial charge in [-0.3, -0.25) is 0 Å². The van der Waals surface area contributed by atoms with Crippen molar-refractivity contribution in [3.8, 4) is 0 Å². The van der Waals surface area contributed by atoms with Crippen molar-refractivity contribution in [2.75, 3.05) is 0 Å². The van der Waals surface area contributed by atoms with Crippen molar-refractivity contribution in [3.63, 3.8) is 0 Å². The highest BCUT2D eigenvalue weighted by Crippen LogP contribution is 2.43. The number of hydrogen-bond donors (Lipinski definition) is 0. The van der Waals surface area contributed by atoms with Crippen molar-refractivity contribution < 1.29 is 52.7 Å². The Balaban J connectivity index is 0.0000000976. The largest absolute Gasteiger partial charge is 0.242 e. The van der Waals surface area contributed by atoms with Gasteiger partial charge in [-0.1, -0.05) is 69.6 Å². The van der Waals surface area contributed by atoms with Crippen LogP contribution in [-0.4, -0.2) is 120 Å². The Morgan fingerprint density at radius 2 is 0.196 bits per heavy atom. The summed E-state index contributed by atoms with van der Waals surface area (Å²) in [4.78, 5) is 111. The van der Waals surface area contributed by atoms with Gasteiger partial charge in [-0.15, -0.1) is 0 Å². The third kappa shape index (κ3) is 13.8. The van der Waals surface area contributed by atoms with E-state index >= 15 is 0 Å². The molecule has 660 valence electrons. The Hall–Kier alpha value is -16.4. The number of fused-ring (bicyclic) bond motifs is 36. The van der Waals surface area contributed by atoms with Gasteiger partial charge in [-0.25, -0.2) is 172 Å². The molecule has 0 bridgehead atoms. The van der Waals surface area contributed by atoms with Gasteiger partial charge in [0.15, 0.2) is 34.9 Å². The van der Waals surface area contributed by atoms with E-state index in [1.54, 1.807) is 36.4 Å². The number of aromatic nitrogens is 24. The van der Waals surface area contributed by atoms with Gasteiger partial charge in [0, 0.05) is 72.8 Å². The first kappa shape index (κ1) is 83.4. The van der Waals surface area contributed by atoms with E-state index in [1.807, 2.05) is 0 Å². The minimum Gasteiger partial charge on any atom is -0.242 e. The minimum absolute atomic E-state index is 0.0175. The number of rotatable bonds is 0. The molecule has 0 aliphatic carbocycles. The van der Waals surface area contributed by atoms with Crippen LogP contribution < -0.4 is 0 Å². The summed E-state index contributed by atoms with van der Waals surface area (Å²) in [7, 11) is 0. The molecule has 0 amide bonds. The molecule has 138 heavy (non-hydrogen) atoms. The first-order valence-corrected chi connectivity index (χ1v) is 42.8. The van der Waals surface area contributed by atoms with Crippen molar-refractivity contribution in [1.82, 2.24) is 120 Å². The van der Waals surface area contributed by atoms with E-state index < -0.39 is 69.8 Å². The molecule has 0 aliphatic rings. The fourth-order valence-electron chi connectivity index (χ4n) is 16.4. The number of hydrogen-bond acceptors (Lipinski definition) is 24. The normalized spacial score (nSPS) is 12.1. The van der Waals surface area contributed by atoms with E-state index in [-0.39, 0.29) is 66.2 Å². The van der Waals surface area contributed by atoms with E-state index in [9.17, 15) is 52.7 Å². The maximum absolute atomic E-state index is 13.9. The zero-order valence-electron chi connectivity index (χ0n) is 67.9. The standard InChI is InChI=1S/C24H6Cl6N6.C24H6F6N6.2C24H9F3N6/c2*25-7-1-13-14(2-8(7)26)32-20-19(31-13)21-23(35-16-4-10(28)9(27)3-15(16)33-21)24-22(20)34-17-5-11(29)12(30)6-18(17)36-24;25-10-1-4-13-16(7-10)31-22-19(28-13)23-21(30-14-5-2-11(26)8-17(14)32-23)24-20(22)29-15-6-3-12(27)9-18(15)33-24;25-10-1-4-13-16(7-10)31-22-19(28-13)20-23(32-17-8-11(26)2-5-14(17)29-20)24-21(22)30-15-6-3-12(27)9-18(15)33-24/h2*1-6H;2*1-9H. The molecule has 24 nitrogen and oxygen atoms in total. The van der Waals surface area contributed by atoms with Crippen LogP contribution in [0.15, 0.2) is 182 Å². The van der Waals surface area contributed by atoms with Crippen LogP contribution in [0.2, 0.25) is 30.1 Å². The Bertz CT molecular complexity index is 9200. The van der Waals surface area contributed by atoms with Gasteiger partial charge in [0.2, 0.25) is 0 Å². The molecular weight excluding hydrogens is 1930 g/mol. The van der Waals surface area contributed by atoms with E-state index in [2.05, 4.69) is 89.7 Å². The molecule has 16 aromatic carbocycles. The Morgan fingerprint density at radius 1 is 0.109 bits per heavy atom. The van der Waals surface area contributed by atoms with Gasteiger partial charge in [0.1, 0.15) is 167 Å². The first-order valence-electron chi connectivity index (χ1n) is 40.5. The van der Waals surface area contributed by atoms with E-state index in [1.165, 1.54) is 109 Å². The fourth-order valence-corrected chi connectivity index (χ4v) is 17.4. The smallest absolute Gasteiger partial charge is 0.161 e. The van der Waals surface area contributed by atoms with Gasteiger partial charge in [0.05, 0.1) is 163 Å². The third-order valence-corrected chi connectivity index (χ3v) is 24.9. The van der Waals surface area contributed by atoms with Crippen molar-refractivity contribution in [1.29, 1.82) is 0 Å². The van der Waals surface area contributed by atoms with Crippen molar-refractivity contribution in [3.05, 3.63) is 282 Å². The van der Waals surface area contributed by atoms with Crippen LogP contribution in [0.5, 0.6) is 0 Å². The lowest BCUT2D eigenvalue weighted by Crippen LogP contribution is -2.00. The highest BCUT2D eigenvalue weighted by molar-refractivity contribution is 6.44. The average Bonchev–Trinajstić information content (AvgIpc) is 0.733. The van der Waals surface area contributed by atoms with Crippen LogP contribution in [0.1, 0.15) is 0 Å². The maximum Gasteiger partial charge on any atom is 0.161 e. The predicted octanol–water partition coefficient (Wildman–Crippen LogP) is 25.5. The molecule has 12 aromatic heterocycles. The van der Waals surface area contributed by atoms with Crippen molar-refractivity contribution >= 4 is 334 Å². The summed E-state index contributed by atoms with van der Waals surface area (Å²) in [6, 6.07) is 39.6. The number of halogens is 18. The van der Waals surface area contributed by atoms with E-state index in [4.69, 9.17) is 99.5 Å². The van der Waals surface area contributed by atoms with Crippen LogP contribution in [0, 0.1) is 69.8 Å². The average molecular weight is 1960 g/mol. The van der Waals surface area contributed by atoms with Gasteiger partial charge >= 0.3 is 0 Å². The van der Waals surface area contributed by atoms with E-state index in [0.717, 1.165) is 36.4 Å². The van der Waals surface area contributed by atoms with E-state index in [0.29, 0.717) is 229 Å². The van der Waals surface area contributed by atoms with Gasteiger partial charge in [-0.05, 0) is 109 Å². The van der Waals surface area contributed by atoms with Gasteiger partial charge in [0.25, 0.3) is 0 Å². The minimum atomic E-state index is -1.15. The molecule has 42 heteroatoms. The molecule has 28 rings (SSSR count). The molecule has 0 radical (unpaired) electrons. The topological polar surface area (TPSA) is 309 Å². The van der Waals surface area contributed by atoms with Gasteiger partial charge in [-0.2, -0.15) is 0 Å². The van der Waals surface area contributed by atoms with Crippen LogP contribution >= 0.6 is 69.6 Å². The summed E-state index contributed by atoms with van der Waals surface area (Å²) in [6.45, 7) is 0. The Morgan fingerprint density at radius 3 is 0.304 bits per heavy atom. The zero-order chi connectivity index (χ0) is 94.3. The molecule has 0 saturated carbocycles. The molecule has 0 unspecified atom stereocenters. The third-order valence-electron chi connectivity index (χ3n) is 22.7. The van der Waals surface area contributed by atoms with Crippen LogP contribution in [0.25, 0.3) is 265 Å². The van der Waals surface area contributed by atoms with Crippen LogP contribution in [0.3, 0.4) is 0 Å². The zero-order valence-corrected chi connectivity index (χ0v) is 72.4. The second kappa shape index (κ2) is 31.1. The molecule has 28 aromatic rings. The second-order valence-corrected chi connectivity index (χ2v) is 33.8. The predicted molar refractivity (Wildman–Crippen MR) is 503 cm³/mol. The van der Waals surface area contributed by atoms with Crippen molar-refractivity contribution in [2.24, 2.45) is 0 Å². The molecule has 0 aliphatic heterocycles. The highest BCUT2D eigenvalue weighted by Gasteiger charge is 2.28. The van der Waals surface area contributed by atoms with Crippen LogP contribution in [0.4, 0.5) is 52.7 Å². The first-order chi connectivity index (χ1) is 66.6. The lowest BCUT2D eigenvalue weighted by Gasteiger charge is -2.11. The summed E-state index contributed by atoms with van der Waals surface area (Å²) < 4.78 is 167. The molecule has 12 heterocycles. The lowest BCUT2D eigenvalue weighted by molar-refractivity contribution is 0.510. The monoisotopic (exact) mass is 1960 g/mol. The molecule has 0 saturated heterocycles. The Labute approximate surface area is 783 Å². The molecular formula is C96H30Cl6F12N24. The number of nitrogens with zero attached hydrogens (tertiary/aromatic N) is 24. The molecule has 0 spiro atoms. The SMILES string of the molecule is Clc1cc2nc3c4nc5cc(Cl)c(Cl)cc5nc4c4nc5cc(Cl)c(Cl)cc5nc4c3nc2cc1Cl.Fc1cc2nc3c4nc5cc(F)c(F)cc5nc4c4nc5cc(F)c(F)cc5nc4c3nc2cc1F.Fc1ccc2nc3c4nc5cc(F)ccc5nc4c4nc5cc(F)ccc5nc4c3nc2c1.Fc1ccc2nc3c4nc5ccc(F)cc5nc4c4nc5cc(F)ccc5nc4c3nc2c1. The van der Waals surface area contributed by atoms with Gasteiger partial charge < -0.3 is 0 Å². The Kier molecular flexibility index (Phi) is 18.8. The molecule has 0 N–H and O–H groups in total. The fraction of sp³-hybridized carbons (Fsp3) is 0. The summed E-state index contributed by atoms with van der Waals surface area (Å²) in [5.41, 5.74) is 15.3. The summed E-state index contributed by atoms with van der Waals surface area (Å²) in [5, 5.41) is 2.16. The maximum atomic E-state index is 13.9. The second-order valence-electron chi connectivity index (χ2n) is 31.4. The highest BCUT2D eigenvalue weighted by atomic mass is 35.5. The lowest BCUT2D eigenvalue weighted by atomic mass is 10.1. The quantitative estimate of drug-likeness (QED) is 0.0773. The summed E-state index contributed by atoms with van der Waals surface area (Å²) in [5.74, 6) is -9.62. The molecule has 0 fully saturated rings. The summed E-state index contributed by atoms with van der Waals surface area (Å²) in [6.07, 6.45) is 0. The van der Waals surface area contributed by atoms with Crippen molar-refractivity contribution in [2.45, 2.75) is 0 Å². The summed E-state index contributed by atoms with van der Waals surface area (Å²) >= 11 is 37.5. The van der Waals surface area contributed by atoms with Crippen LogP contribution in [-0.2, 0) is 0 Å². The number of benzene rings is 16.